The molecule has 0 radical (unpaired) electrons. The molecule has 0 unspecified atom stereocenters. The van der Waals surface area contributed by atoms with Crippen molar-refractivity contribution in [1.29, 1.82) is 0 Å². The van der Waals surface area contributed by atoms with E-state index in [0.717, 1.165) is 18.0 Å². The van der Waals surface area contributed by atoms with Crippen LogP contribution >= 0.6 is 0 Å². The molecule has 0 spiro atoms. The molecule has 1 aromatic carbocycles. The number of fused-ring (bicyclic) bond motifs is 1. The van der Waals surface area contributed by atoms with E-state index in [1.807, 2.05) is 17.5 Å². The minimum Gasteiger partial charge on any atom is -0.507 e. The number of aryl methyl sites for hydroxylation is 1. The van der Waals surface area contributed by atoms with Crippen LogP contribution in [0.4, 0.5) is 13.2 Å². The summed E-state index contributed by atoms with van der Waals surface area (Å²) in [5, 5.41) is 18.2. The Labute approximate surface area is 141 Å². The minimum atomic E-state index is -4.81. The first-order valence-corrected chi connectivity index (χ1v) is 7.38. The minimum absolute atomic E-state index is 0.276. The number of hydrogen-bond donors (Lipinski definition) is 2. The summed E-state index contributed by atoms with van der Waals surface area (Å²) in [6.45, 7) is 1.93. The average Bonchev–Trinajstić information content (AvgIpc) is 3.04. The summed E-state index contributed by atoms with van der Waals surface area (Å²) in [6.07, 6.45) is -2.33. The highest BCUT2D eigenvalue weighted by Gasteiger charge is 2.31. The van der Waals surface area contributed by atoms with E-state index >= 15 is 0 Å². The zero-order chi connectivity index (χ0) is 18.6. The molecule has 3 N–H and O–H groups in total. The van der Waals surface area contributed by atoms with Gasteiger partial charge in [-0.3, -0.25) is 0 Å². The summed E-state index contributed by atoms with van der Waals surface area (Å²) in [7, 11) is 1.50. The molecule has 0 saturated heterocycles. The molecule has 9 heteroatoms. The van der Waals surface area contributed by atoms with Crippen molar-refractivity contribution in [1.82, 2.24) is 14.6 Å². The van der Waals surface area contributed by atoms with Crippen molar-refractivity contribution in [2.45, 2.75) is 19.7 Å². The van der Waals surface area contributed by atoms with E-state index in [1.54, 1.807) is 12.1 Å². The number of hydrogen-bond acceptors (Lipinski definition) is 5. The molecule has 2 heterocycles. The summed E-state index contributed by atoms with van der Waals surface area (Å²) < 4.78 is 42.3. The van der Waals surface area contributed by atoms with Crippen LogP contribution in [-0.2, 0) is 6.42 Å². The Kier molecular flexibility index (Phi) is 5.48. The Bertz CT molecular complexity index is 862. The second kappa shape index (κ2) is 7.39. The van der Waals surface area contributed by atoms with Gasteiger partial charge in [0.2, 0.25) is 0 Å². The number of halogens is 3. The number of nitrogens with zero attached hydrogens (tertiary/aromatic N) is 3. The van der Waals surface area contributed by atoms with E-state index in [1.165, 1.54) is 13.1 Å². The standard InChI is InChI=1S/C15H12F3N3O2.CH5N/c1-2-13-19-20-14(11-4-3-7-21(11)13)10-6-5-9(8-12(10)22)23-15(16,17)18;1-2/h3-8,22H,2H2,1H3;2H2,1H3. The molecular formula is C16H17F3N4O2. The van der Waals surface area contributed by atoms with E-state index < -0.39 is 12.1 Å². The van der Waals surface area contributed by atoms with Gasteiger partial charge in [0.1, 0.15) is 23.0 Å². The van der Waals surface area contributed by atoms with Gasteiger partial charge >= 0.3 is 6.36 Å². The van der Waals surface area contributed by atoms with Crippen LogP contribution in [0, 0.1) is 0 Å². The van der Waals surface area contributed by atoms with E-state index in [-0.39, 0.29) is 11.3 Å². The SMILES string of the molecule is CCc1nnc(-c2ccc(OC(F)(F)F)cc2O)c2cccn12.CN. The van der Waals surface area contributed by atoms with E-state index in [4.69, 9.17) is 0 Å². The van der Waals surface area contributed by atoms with Crippen molar-refractivity contribution in [3.63, 3.8) is 0 Å². The average molecular weight is 354 g/mol. The molecule has 3 rings (SSSR count). The molecule has 0 fully saturated rings. The topological polar surface area (TPSA) is 85.7 Å². The molecule has 2 aromatic heterocycles. The molecule has 0 aliphatic carbocycles. The van der Waals surface area contributed by atoms with Gasteiger partial charge in [0, 0.05) is 24.2 Å². The van der Waals surface area contributed by atoms with Crippen LogP contribution in [0.1, 0.15) is 12.7 Å². The second-order valence-electron chi connectivity index (χ2n) is 4.81. The van der Waals surface area contributed by atoms with Gasteiger partial charge in [0.05, 0.1) is 5.52 Å². The molecule has 0 bridgehead atoms. The third-order valence-electron chi connectivity index (χ3n) is 3.31. The molecule has 6 nitrogen and oxygen atoms in total. The molecule has 0 saturated carbocycles. The van der Waals surface area contributed by atoms with Crippen LogP contribution in [0.15, 0.2) is 36.5 Å². The highest BCUT2D eigenvalue weighted by molar-refractivity contribution is 5.80. The molecule has 0 aliphatic heterocycles. The van der Waals surface area contributed by atoms with Crippen LogP contribution in [-0.4, -0.2) is 33.1 Å². The number of nitrogens with two attached hydrogens (primary N) is 1. The first kappa shape index (κ1) is 18.5. The summed E-state index contributed by atoms with van der Waals surface area (Å²) in [5.74, 6) is -0.123. The lowest BCUT2D eigenvalue weighted by Crippen LogP contribution is -2.17. The Morgan fingerprint density at radius 1 is 1.20 bits per heavy atom. The summed E-state index contributed by atoms with van der Waals surface area (Å²) in [6, 6.07) is 6.94. The fraction of sp³-hybridized carbons (Fsp3) is 0.250. The molecule has 0 aliphatic rings. The lowest BCUT2D eigenvalue weighted by Gasteiger charge is -2.12. The van der Waals surface area contributed by atoms with Crippen molar-refractivity contribution in [2.24, 2.45) is 5.73 Å². The van der Waals surface area contributed by atoms with Gasteiger partial charge in [0.15, 0.2) is 0 Å². The number of aromatic nitrogens is 3. The maximum absolute atomic E-state index is 12.2. The number of ether oxygens (including phenoxy) is 1. The predicted molar refractivity (Wildman–Crippen MR) is 86.3 cm³/mol. The number of alkyl halides is 3. The maximum Gasteiger partial charge on any atom is 0.573 e. The van der Waals surface area contributed by atoms with E-state index in [2.05, 4.69) is 20.7 Å². The third kappa shape index (κ3) is 4.00. The highest BCUT2D eigenvalue weighted by atomic mass is 19.4. The van der Waals surface area contributed by atoms with Gasteiger partial charge < -0.3 is 20.0 Å². The van der Waals surface area contributed by atoms with Gasteiger partial charge in [-0.2, -0.15) is 0 Å². The Hall–Kier alpha value is -2.81. The number of benzene rings is 1. The quantitative estimate of drug-likeness (QED) is 0.755. The van der Waals surface area contributed by atoms with Crippen molar-refractivity contribution in [2.75, 3.05) is 7.05 Å². The van der Waals surface area contributed by atoms with Gasteiger partial charge in [0.25, 0.3) is 0 Å². The lowest BCUT2D eigenvalue weighted by molar-refractivity contribution is -0.274. The first-order chi connectivity index (χ1) is 11.9. The summed E-state index contributed by atoms with van der Waals surface area (Å²) >= 11 is 0. The normalized spacial score (nSPS) is 11.1. The smallest absolute Gasteiger partial charge is 0.507 e. The molecule has 0 amide bonds. The Morgan fingerprint density at radius 3 is 2.52 bits per heavy atom. The first-order valence-electron chi connectivity index (χ1n) is 7.38. The van der Waals surface area contributed by atoms with E-state index in [9.17, 15) is 18.3 Å². The molecular weight excluding hydrogens is 337 g/mol. The second-order valence-corrected chi connectivity index (χ2v) is 4.81. The Morgan fingerprint density at radius 2 is 1.92 bits per heavy atom. The molecule has 0 atom stereocenters. The number of rotatable bonds is 3. The van der Waals surface area contributed by atoms with Crippen LogP contribution in [0.3, 0.4) is 0 Å². The summed E-state index contributed by atoms with van der Waals surface area (Å²) in [4.78, 5) is 0. The zero-order valence-electron chi connectivity index (χ0n) is 13.6. The van der Waals surface area contributed by atoms with Gasteiger partial charge in [-0.15, -0.1) is 23.4 Å². The fourth-order valence-electron chi connectivity index (χ4n) is 2.35. The molecule has 25 heavy (non-hydrogen) atoms. The van der Waals surface area contributed by atoms with Crippen molar-refractivity contribution >= 4 is 5.52 Å². The van der Waals surface area contributed by atoms with Crippen molar-refractivity contribution in [3.8, 4) is 22.8 Å². The van der Waals surface area contributed by atoms with Crippen LogP contribution in [0.5, 0.6) is 11.5 Å². The van der Waals surface area contributed by atoms with Gasteiger partial charge in [-0.25, -0.2) is 0 Å². The third-order valence-corrected chi connectivity index (χ3v) is 3.31. The van der Waals surface area contributed by atoms with Crippen molar-refractivity contribution in [3.05, 3.63) is 42.4 Å². The molecule has 3 aromatic rings. The van der Waals surface area contributed by atoms with Crippen molar-refractivity contribution < 1.29 is 23.0 Å². The molecule has 134 valence electrons. The van der Waals surface area contributed by atoms with Crippen LogP contribution < -0.4 is 10.5 Å². The summed E-state index contributed by atoms with van der Waals surface area (Å²) in [5.41, 5.74) is 5.86. The van der Waals surface area contributed by atoms with Crippen LogP contribution in [0.25, 0.3) is 16.8 Å². The maximum atomic E-state index is 12.2. The van der Waals surface area contributed by atoms with E-state index in [0.29, 0.717) is 17.6 Å². The lowest BCUT2D eigenvalue weighted by atomic mass is 10.1. The highest BCUT2D eigenvalue weighted by Crippen LogP contribution is 2.35. The van der Waals surface area contributed by atoms with Crippen LogP contribution in [0.2, 0.25) is 0 Å². The number of phenolic OH excluding ortho intramolecular Hbond substituents is 1. The predicted octanol–water partition coefficient (Wildman–Crippen LogP) is 3.14. The van der Waals surface area contributed by atoms with Gasteiger partial charge in [-0.05, 0) is 31.3 Å². The Balaban J connectivity index is 0.00000109. The number of phenols is 1. The fourth-order valence-corrected chi connectivity index (χ4v) is 2.35. The number of aromatic hydroxyl groups is 1. The monoisotopic (exact) mass is 354 g/mol. The van der Waals surface area contributed by atoms with Gasteiger partial charge in [-0.1, -0.05) is 6.92 Å². The zero-order valence-corrected chi connectivity index (χ0v) is 13.6. The largest absolute Gasteiger partial charge is 0.573 e.